The SMILES string of the molecule is CCCCCCCCCCCCC/C=C/[C@@H](O)[C@H](COCc1ccccc1)NC(=O)CCCCCCCCCCCCCCC. The number of aliphatic hydroxyl groups is 1. The van der Waals surface area contributed by atoms with Crippen LogP contribution in [0.2, 0.25) is 0 Å². The van der Waals surface area contributed by atoms with Gasteiger partial charge in [-0.1, -0.05) is 198 Å². The minimum absolute atomic E-state index is 0.0178. The van der Waals surface area contributed by atoms with Crippen molar-refractivity contribution in [3.8, 4) is 0 Å². The van der Waals surface area contributed by atoms with Crippen molar-refractivity contribution in [3.05, 3.63) is 48.0 Å². The van der Waals surface area contributed by atoms with Crippen LogP contribution in [-0.2, 0) is 16.1 Å². The van der Waals surface area contributed by atoms with E-state index in [4.69, 9.17) is 4.74 Å². The molecule has 0 aliphatic rings. The molecule has 1 amide bonds. The largest absolute Gasteiger partial charge is 0.387 e. The van der Waals surface area contributed by atoms with Gasteiger partial charge in [-0.25, -0.2) is 0 Å². The summed E-state index contributed by atoms with van der Waals surface area (Å²) >= 11 is 0. The minimum atomic E-state index is -0.746. The van der Waals surface area contributed by atoms with Crippen LogP contribution in [0.3, 0.4) is 0 Å². The summed E-state index contributed by atoms with van der Waals surface area (Å²) < 4.78 is 5.94. The average molecular weight is 628 g/mol. The number of hydrogen-bond acceptors (Lipinski definition) is 3. The fourth-order valence-electron chi connectivity index (χ4n) is 5.98. The second-order valence-corrected chi connectivity index (χ2v) is 13.4. The molecule has 260 valence electrons. The summed E-state index contributed by atoms with van der Waals surface area (Å²) in [6.07, 6.45) is 36.2. The number of benzene rings is 1. The number of unbranched alkanes of at least 4 members (excludes halogenated alkanes) is 23. The van der Waals surface area contributed by atoms with Gasteiger partial charge in [0.15, 0.2) is 0 Å². The van der Waals surface area contributed by atoms with Crippen LogP contribution in [-0.4, -0.2) is 29.8 Å². The Balaban J connectivity index is 2.24. The van der Waals surface area contributed by atoms with Gasteiger partial charge in [0.2, 0.25) is 5.91 Å². The molecular formula is C41H73NO3. The third-order valence-electron chi connectivity index (χ3n) is 8.98. The van der Waals surface area contributed by atoms with Crippen LogP contribution in [0, 0.1) is 0 Å². The van der Waals surface area contributed by atoms with Gasteiger partial charge < -0.3 is 15.2 Å². The van der Waals surface area contributed by atoms with Gasteiger partial charge in [0.1, 0.15) is 0 Å². The molecule has 0 fully saturated rings. The zero-order valence-corrected chi connectivity index (χ0v) is 29.8. The number of nitrogens with one attached hydrogen (secondary N) is 1. The van der Waals surface area contributed by atoms with E-state index in [2.05, 4.69) is 25.2 Å². The predicted molar refractivity (Wildman–Crippen MR) is 195 cm³/mol. The first kappa shape index (κ1) is 41.4. The second kappa shape index (κ2) is 32.3. The summed E-state index contributed by atoms with van der Waals surface area (Å²) in [5.41, 5.74) is 1.09. The molecule has 0 heterocycles. The number of allylic oxidation sites excluding steroid dienone is 1. The lowest BCUT2D eigenvalue weighted by Gasteiger charge is -2.22. The van der Waals surface area contributed by atoms with Crippen LogP contribution < -0.4 is 5.32 Å². The first-order valence-electron chi connectivity index (χ1n) is 19.4. The molecule has 1 rings (SSSR count). The Morgan fingerprint density at radius 3 is 1.60 bits per heavy atom. The van der Waals surface area contributed by atoms with Crippen molar-refractivity contribution < 1.29 is 14.6 Å². The molecule has 2 N–H and O–H groups in total. The molecule has 0 unspecified atom stereocenters. The van der Waals surface area contributed by atoms with E-state index in [1.54, 1.807) is 0 Å². The highest BCUT2D eigenvalue weighted by Gasteiger charge is 2.19. The summed E-state index contributed by atoms with van der Waals surface area (Å²) in [5, 5.41) is 14.0. The van der Waals surface area contributed by atoms with Gasteiger partial charge in [-0.05, 0) is 24.8 Å². The molecule has 0 aliphatic heterocycles. The maximum Gasteiger partial charge on any atom is 0.220 e. The molecule has 0 spiro atoms. The maximum atomic E-state index is 12.8. The lowest BCUT2D eigenvalue weighted by molar-refractivity contribution is -0.123. The van der Waals surface area contributed by atoms with Gasteiger partial charge in [0, 0.05) is 6.42 Å². The Morgan fingerprint density at radius 2 is 1.11 bits per heavy atom. The Hall–Kier alpha value is -1.65. The van der Waals surface area contributed by atoms with Crippen LogP contribution in [0.4, 0.5) is 0 Å². The van der Waals surface area contributed by atoms with E-state index in [0.29, 0.717) is 19.6 Å². The molecule has 0 radical (unpaired) electrons. The van der Waals surface area contributed by atoms with Crippen molar-refractivity contribution in [2.45, 2.75) is 200 Å². The summed E-state index contributed by atoms with van der Waals surface area (Å²) in [5.74, 6) is 0.0178. The van der Waals surface area contributed by atoms with Crippen molar-refractivity contribution in [1.82, 2.24) is 5.32 Å². The summed E-state index contributed by atoms with van der Waals surface area (Å²) in [6, 6.07) is 9.63. The number of hydrogen-bond donors (Lipinski definition) is 2. The Morgan fingerprint density at radius 1 is 0.667 bits per heavy atom. The quantitative estimate of drug-likeness (QED) is 0.0602. The molecule has 0 saturated carbocycles. The number of aliphatic hydroxyl groups excluding tert-OH is 1. The van der Waals surface area contributed by atoms with E-state index in [1.807, 2.05) is 36.4 Å². The fraction of sp³-hybridized carbons (Fsp3) is 0.780. The van der Waals surface area contributed by atoms with E-state index in [0.717, 1.165) is 31.2 Å². The van der Waals surface area contributed by atoms with E-state index < -0.39 is 12.1 Å². The molecular weight excluding hydrogens is 554 g/mol. The normalized spacial score (nSPS) is 13.0. The summed E-state index contributed by atoms with van der Waals surface area (Å²) in [4.78, 5) is 12.8. The van der Waals surface area contributed by atoms with Crippen molar-refractivity contribution in [2.24, 2.45) is 0 Å². The lowest BCUT2D eigenvalue weighted by Crippen LogP contribution is -2.45. The Bertz CT molecular complexity index is 780. The van der Waals surface area contributed by atoms with Gasteiger partial charge in [-0.3, -0.25) is 4.79 Å². The average Bonchev–Trinajstić information content (AvgIpc) is 3.05. The van der Waals surface area contributed by atoms with Gasteiger partial charge >= 0.3 is 0 Å². The fourth-order valence-corrected chi connectivity index (χ4v) is 5.98. The number of carbonyl (C=O) groups excluding carboxylic acids is 1. The van der Waals surface area contributed by atoms with E-state index in [9.17, 15) is 9.90 Å². The second-order valence-electron chi connectivity index (χ2n) is 13.4. The summed E-state index contributed by atoms with van der Waals surface area (Å²) in [7, 11) is 0. The van der Waals surface area contributed by atoms with Gasteiger partial charge in [-0.15, -0.1) is 0 Å². The van der Waals surface area contributed by atoms with Crippen LogP contribution in [0.1, 0.15) is 186 Å². The topological polar surface area (TPSA) is 58.6 Å². The third kappa shape index (κ3) is 27.2. The molecule has 4 nitrogen and oxygen atoms in total. The first-order chi connectivity index (χ1) is 22.2. The highest BCUT2D eigenvalue weighted by atomic mass is 16.5. The van der Waals surface area contributed by atoms with E-state index in [1.165, 1.54) is 135 Å². The van der Waals surface area contributed by atoms with Crippen molar-refractivity contribution >= 4 is 5.91 Å². The van der Waals surface area contributed by atoms with Gasteiger partial charge in [0.25, 0.3) is 0 Å². The zero-order valence-electron chi connectivity index (χ0n) is 29.8. The van der Waals surface area contributed by atoms with Crippen LogP contribution in [0.25, 0.3) is 0 Å². The van der Waals surface area contributed by atoms with Crippen LogP contribution in [0.15, 0.2) is 42.5 Å². The first-order valence-corrected chi connectivity index (χ1v) is 19.4. The van der Waals surface area contributed by atoms with Crippen LogP contribution in [0.5, 0.6) is 0 Å². The standard InChI is InChI=1S/C41H73NO3/c1-3-5-7-9-11-13-15-17-19-21-23-25-30-34-40(43)39(37-45-36-38-32-28-27-29-33-38)42-41(44)35-31-26-24-22-20-18-16-14-12-10-8-6-4-2/h27-30,32-34,39-40,43H,3-26,31,35-37H2,1-2H3,(H,42,44)/b34-30+/t39-,40+/m0/s1. The smallest absolute Gasteiger partial charge is 0.220 e. The molecule has 0 aromatic heterocycles. The molecule has 1 aromatic rings. The van der Waals surface area contributed by atoms with E-state index in [-0.39, 0.29) is 5.91 Å². The molecule has 45 heavy (non-hydrogen) atoms. The zero-order chi connectivity index (χ0) is 32.5. The molecule has 0 saturated heterocycles. The third-order valence-corrected chi connectivity index (χ3v) is 8.98. The van der Waals surface area contributed by atoms with Crippen molar-refractivity contribution in [2.75, 3.05) is 6.61 Å². The molecule has 4 heteroatoms. The molecule has 1 aromatic carbocycles. The minimum Gasteiger partial charge on any atom is -0.387 e. The number of amides is 1. The lowest BCUT2D eigenvalue weighted by atomic mass is 10.0. The molecule has 2 atom stereocenters. The van der Waals surface area contributed by atoms with Gasteiger partial charge in [0.05, 0.1) is 25.4 Å². The van der Waals surface area contributed by atoms with Crippen molar-refractivity contribution in [3.63, 3.8) is 0 Å². The Labute approximate surface area is 279 Å². The van der Waals surface area contributed by atoms with Crippen molar-refractivity contribution in [1.29, 1.82) is 0 Å². The predicted octanol–water partition coefficient (Wildman–Crippen LogP) is 11.8. The number of carbonyl (C=O) groups is 1. The van der Waals surface area contributed by atoms with Crippen LogP contribution >= 0.6 is 0 Å². The number of ether oxygens (including phenoxy) is 1. The molecule has 0 aliphatic carbocycles. The van der Waals surface area contributed by atoms with Gasteiger partial charge in [-0.2, -0.15) is 0 Å². The number of rotatable bonds is 33. The summed E-state index contributed by atoms with van der Waals surface area (Å²) in [6.45, 7) is 5.32. The van der Waals surface area contributed by atoms with E-state index >= 15 is 0 Å². The Kier molecular flexibility index (Phi) is 29.7. The maximum absolute atomic E-state index is 12.8. The monoisotopic (exact) mass is 628 g/mol. The highest BCUT2D eigenvalue weighted by Crippen LogP contribution is 2.14. The highest BCUT2D eigenvalue weighted by molar-refractivity contribution is 5.76. The molecule has 0 bridgehead atoms.